The van der Waals surface area contributed by atoms with E-state index in [1.165, 1.54) is 0 Å². The molecule has 0 spiro atoms. The summed E-state index contributed by atoms with van der Waals surface area (Å²) in [6, 6.07) is 26.4. The lowest BCUT2D eigenvalue weighted by atomic mass is 9.68. The Kier molecular flexibility index (Phi) is 9.93. The fourth-order valence-corrected chi connectivity index (χ4v) is 6.85. The van der Waals surface area contributed by atoms with E-state index in [0.29, 0.717) is 25.2 Å². The Morgan fingerprint density at radius 3 is 2.14 bits per heavy atom. The molecule has 0 amide bonds. The molecule has 0 aliphatic heterocycles. The fraction of sp³-hybridized carbons (Fsp3) is 0.325. The van der Waals surface area contributed by atoms with Crippen molar-refractivity contribution in [2.24, 2.45) is 11.8 Å². The average Bonchev–Trinajstić information content (AvgIpc) is 3.56. The van der Waals surface area contributed by atoms with Crippen LogP contribution >= 0.6 is 0 Å². The number of carbonyl (C=O) groups excluding carboxylic acids is 1. The van der Waals surface area contributed by atoms with Gasteiger partial charge in [0, 0.05) is 30.7 Å². The van der Waals surface area contributed by atoms with Crippen LogP contribution in [-0.4, -0.2) is 22.1 Å². The number of hydrogen-bond acceptors (Lipinski definition) is 3. The van der Waals surface area contributed by atoms with Gasteiger partial charge in [-0.1, -0.05) is 98.3 Å². The van der Waals surface area contributed by atoms with Gasteiger partial charge in [0.15, 0.2) is 5.78 Å². The molecule has 43 heavy (non-hydrogen) atoms. The zero-order valence-corrected chi connectivity index (χ0v) is 25.1. The molecule has 0 radical (unpaired) electrons. The van der Waals surface area contributed by atoms with Crippen LogP contribution in [0.15, 0.2) is 109 Å². The first-order chi connectivity index (χ1) is 20.9. The molecule has 1 saturated carbocycles. The van der Waals surface area contributed by atoms with E-state index in [0.717, 1.165) is 70.2 Å². The summed E-state index contributed by atoms with van der Waals surface area (Å²) in [5.74, 6) is 3.35. The first-order valence-corrected chi connectivity index (χ1v) is 15.6. The summed E-state index contributed by atoms with van der Waals surface area (Å²) in [4.78, 5) is 12.2. The monoisotopic (exact) mass is 570 g/mol. The summed E-state index contributed by atoms with van der Waals surface area (Å²) in [6.45, 7) is 6.39. The summed E-state index contributed by atoms with van der Waals surface area (Å²) in [7, 11) is 0. The highest BCUT2D eigenvalue weighted by molar-refractivity contribution is 5.99. The first kappa shape index (κ1) is 30.5. The molecule has 5 rings (SSSR count). The molecule has 1 fully saturated rings. The van der Waals surface area contributed by atoms with Crippen molar-refractivity contribution in [1.29, 1.82) is 0 Å². The van der Waals surface area contributed by atoms with Crippen molar-refractivity contribution >= 4 is 11.4 Å². The fourth-order valence-electron chi connectivity index (χ4n) is 6.85. The second-order valence-electron chi connectivity index (χ2n) is 12.1. The number of ketones is 1. The molecule has 3 aromatic carbocycles. The summed E-state index contributed by atoms with van der Waals surface area (Å²) < 4.78 is 0. The van der Waals surface area contributed by atoms with E-state index in [1.807, 2.05) is 67.6 Å². The third-order valence-electron chi connectivity index (χ3n) is 9.44. The second kappa shape index (κ2) is 14.0. The Balaban J connectivity index is 1.33. The van der Waals surface area contributed by atoms with Crippen LogP contribution in [0, 0.1) is 24.2 Å². The standard InChI is InChI=1S/C40H42O3/c1-4-28-11-13-33(14-12-28)40(43)34-21-19-32(20-22-34)39(27(3)38(42)25-29-9-7-6-8-10-29)31-17-15-30(16-18-31)35-23-24-36(26-35)37(41)5-2/h1,6-18,23-24,32,34,38-40,42-43H,3,5,19-22,25-26H2,2H3/t32?,34?,38?,39?,40-/m1/s1. The van der Waals surface area contributed by atoms with Gasteiger partial charge >= 0.3 is 0 Å². The predicted octanol–water partition coefficient (Wildman–Crippen LogP) is 8.14. The first-order valence-electron chi connectivity index (χ1n) is 15.6. The number of hydrogen-bond donors (Lipinski definition) is 2. The summed E-state index contributed by atoms with van der Waals surface area (Å²) in [5, 5.41) is 22.6. The molecular formula is C40H42O3. The van der Waals surface area contributed by atoms with Crippen LogP contribution in [0.3, 0.4) is 0 Å². The maximum atomic E-state index is 12.2. The molecule has 3 aromatic rings. The molecular weight excluding hydrogens is 528 g/mol. The lowest BCUT2D eigenvalue weighted by Crippen LogP contribution is -2.28. The summed E-state index contributed by atoms with van der Waals surface area (Å²) in [5.41, 5.74) is 7.99. The topological polar surface area (TPSA) is 57.5 Å². The molecule has 2 N–H and O–H groups in total. The van der Waals surface area contributed by atoms with Gasteiger partial charge in [-0.15, -0.1) is 6.42 Å². The number of terminal acetylenes is 1. The van der Waals surface area contributed by atoms with Crippen LogP contribution in [0.25, 0.3) is 5.57 Å². The number of allylic oxidation sites excluding steroid dienone is 4. The maximum Gasteiger partial charge on any atom is 0.158 e. The molecule has 3 atom stereocenters. The van der Waals surface area contributed by atoms with E-state index in [-0.39, 0.29) is 17.6 Å². The van der Waals surface area contributed by atoms with Crippen molar-refractivity contribution in [3.05, 3.63) is 137 Å². The van der Waals surface area contributed by atoms with Gasteiger partial charge in [0.2, 0.25) is 0 Å². The molecule has 0 saturated heterocycles. The minimum atomic E-state index is -0.658. The van der Waals surface area contributed by atoms with E-state index in [4.69, 9.17) is 6.42 Å². The van der Waals surface area contributed by atoms with E-state index in [1.54, 1.807) is 0 Å². The number of aliphatic hydroxyl groups excluding tert-OH is 2. The van der Waals surface area contributed by atoms with Gasteiger partial charge in [-0.25, -0.2) is 0 Å². The highest BCUT2D eigenvalue weighted by Gasteiger charge is 2.35. The molecule has 0 aromatic heterocycles. The third kappa shape index (κ3) is 7.16. The zero-order valence-electron chi connectivity index (χ0n) is 25.1. The molecule has 220 valence electrons. The van der Waals surface area contributed by atoms with Crippen molar-refractivity contribution in [2.45, 2.75) is 70.0 Å². The van der Waals surface area contributed by atoms with Crippen LogP contribution in [0.5, 0.6) is 0 Å². The lowest BCUT2D eigenvalue weighted by molar-refractivity contribution is -0.115. The van der Waals surface area contributed by atoms with Crippen molar-refractivity contribution in [1.82, 2.24) is 0 Å². The Hall–Kier alpha value is -3.97. The van der Waals surface area contributed by atoms with Crippen molar-refractivity contribution < 1.29 is 15.0 Å². The quantitative estimate of drug-likeness (QED) is 0.181. The Bertz CT molecular complexity index is 1510. The van der Waals surface area contributed by atoms with E-state index >= 15 is 0 Å². The normalized spacial score (nSPS) is 20.3. The Morgan fingerprint density at radius 2 is 1.51 bits per heavy atom. The molecule has 2 aliphatic rings. The van der Waals surface area contributed by atoms with Gasteiger partial charge in [-0.3, -0.25) is 4.79 Å². The molecule has 2 unspecified atom stereocenters. The highest BCUT2D eigenvalue weighted by atomic mass is 16.3. The predicted molar refractivity (Wildman–Crippen MR) is 175 cm³/mol. The van der Waals surface area contributed by atoms with Crippen LogP contribution in [0.4, 0.5) is 0 Å². The number of rotatable bonds is 11. The molecule has 3 heteroatoms. The van der Waals surface area contributed by atoms with Crippen molar-refractivity contribution in [2.75, 3.05) is 0 Å². The summed E-state index contributed by atoms with van der Waals surface area (Å²) in [6.07, 6.45) is 13.8. The molecule has 0 bridgehead atoms. The molecule has 0 heterocycles. The van der Waals surface area contributed by atoms with Gasteiger partial charge in [0.05, 0.1) is 12.2 Å². The SMILES string of the molecule is C#Cc1ccc([C@@H](O)C2CCC(C(C(=C)C(O)Cc3ccccc3)c3ccc(C4=CC=C(C(=O)CC)C4)cc3)CC2)cc1. The molecule has 3 nitrogen and oxygen atoms in total. The second-order valence-corrected chi connectivity index (χ2v) is 12.1. The van der Waals surface area contributed by atoms with Crippen LogP contribution in [0.1, 0.15) is 85.3 Å². The van der Waals surface area contributed by atoms with Crippen LogP contribution in [-0.2, 0) is 11.2 Å². The average molecular weight is 571 g/mol. The van der Waals surface area contributed by atoms with Gasteiger partial charge < -0.3 is 10.2 Å². The minimum absolute atomic E-state index is 0.00804. The van der Waals surface area contributed by atoms with E-state index in [9.17, 15) is 15.0 Å². The molecule has 2 aliphatic carbocycles. The zero-order chi connectivity index (χ0) is 30.3. The van der Waals surface area contributed by atoms with Crippen molar-refractivity contribution in [3.8, 4) is 12.3 Å². The number of benzene rings is 3. The van der Waals surface area contributed by atoms with E-state index in [2.05, 4.69) is 42.8 Å². The highest BCUT2D eigenvalue weighted by Crippen LogP contribution is 2.46. The number of aliphatic hydroxyl groups is 2. The Morgan fingerprint density at radius 1 is 0.884 bits per heavy atom. The Labute approximate surface area is 256 Å². The van der Waals surface area contributed by atoms with Gasteiger partial charge in [-0.2, -0.15) is 0 Å². The minimum Gasteiger partial charge on any atom is -0.388 e. The largest absolute Gasteiger partial charge is 0.388 e. The van der Waals surface area contributed by atoms with Crippen molar-refractivity contribution in [3.63, 3.8) is 0 Å². The van der Waals surface area contributed by atoms with Gasteiger partial charge in [0.1, 0.15) is 0 Å². The smallest absolute Gasteiger partial charge is 0.158 e. The van der Waals surface area contributed by atoms with E-state index < -0.39 is 12.2 Å². The van der Waals surface area contributed by atoms with Crippen LogP contribution < -0.4 is 0 Å². The van der Waals surface area contributed by atoms with Gasteiger partial charge in [0.25, 0.3) is 0 Å². The van der Waals surface area contributed by atoms with Gasteiger partial charge in [-0.05, 0) is 88.6 Å². The third-order valence-corrected chi connectivity index (χ3v) is 9.44. The summed E-state index contributed by atoms with van der Waals surface area (Å²) >= 11 is 0. The van der Waals surface area contributed by atoms with Crippen LogP contribution in [0.2, 0.25) is 0 Å². The number of carbonyl (C=O) groups is 1. The number of Topliss-reactive ketones (excluding diaryl/α,β-unsaturated/α-hetero) is 1. The maximum absolute atomic E-state index is 12.2. The lowest BCUT2D eigenvalue weighted by Gasteiger charge is -2.38.